The van der Waals surface area contributed by atoms with Crippen LogP contribution in [0.4, 0.5) is 11.5 Å². The predicted molar refractivity (Wildman–Crippen MR) is 77.6 cm³/mol. The summed E-state index contributed by atoms with van der Waals surface area (Å²) in [6, 6.07) is 1.30. The SMILES string of the molecule is CC(C)(C)C1CCN(c2cc(C(=O)O)c([N+](=O)[O-])cn2)C1. The molecule has 1 fully saturated rings. The quantitative estimate of drug-likeness (QED) is 0.679. The van der Waals surface area contributed by atoms with Crippen molar-refractivity contribution < 1.29 is 14.8 Å². The van der Waals surface area contributed by atoms with Crippen LogP contribution in [0.5, 0.6) is 0 Å². The number of nitrogens with zero attached hydrogens (tertiary/aromatic N) is 3. The number of anilines is 1. The molecule has 0 bridgehead atoms. The number of aromatic nitrogens is 1. The Hall–Kier alpha value is -2.18. The molecule has 2 rings (SSSR count). The van der Waals surface area contributed by atoms with Gasteiger partial charge in [-0.3, -0.25) is 10.1 Å². The Morgan fingerprint density at radius 3 is 2.67 bits per heavy atom. The van der Waals surface area contributed by atoms with Gasteiger partial charge in [0.25, 0.3) is 0 Å². The zero-order valence-electron chi connectivity index (χ0n) is 12.4. The standard InChI is InChI=1S/C14H19N3O4/c1-14(2,3)9-4-5-16(8-9)12-6-10(13(18)19)11(7-15-12)17(20)21/h6-7,9H,4-5,8H2,1-3H3,(H,18,19). The molecular weight excluding hydrogens is 274 g/mol. The van der Waals surface area contributed by atoms with Crippen LogP contribution in [0.3, 0.4) is 0 Å². The summed E-state index contributed by atoms with van der Waals surface area (Å²) in [5.74, 6) is -0.329. The largest absolute Gasteiger partial charge is 0.477 e. The Balaban J connectivity index is 2.28. The summed E-state index contributed by atoms with van der Waals surface area (Å²) >= 11 is 0. The molecule has 0 aromatic carbocycles. The average Bonchev–Trinajstić information content (AvgIpc) is 2.87. The second-order valence-electron chi connectivity index (χ2n) is 6.42. The summed E-state index contributed by atoms with van der Waals surface area (Å²) < 4.78 is 0. The van der Waals surface area contributed by atoms with Crippen molar-refractivity contribution >= 4 is 17.5 Å². The first kappa shape index (κ1) is 15.2. The van der Waals surface area contributed by atoms with Gasteiger partial charge in [-0.15, -0.1) is 0 Å². The summed E-state index contributed by atoms with van der Waals surface area (Å²) in [6.45, 7) is 8.09. The van der Waals surface area contributed by atoms with Gasteiger partial charge in [-0.25, -0.2) is 9.78 Å². The van der Waals surface area contributed by atoms with E-state index in [9.17, 15) is 14.9 Å². The minimum atomic E-state index is -1.31. The predicted octanol–water partition coefficient (Wildman–Crippen LogP) is 2.56. The van der Waals surface area contributed by atoms with Gasteiger partial charge < -0.3 is 10.0 Å². The monoisotopic (exact) mass is 293 g/mol. The van der Waals surface area contributed by atoms with Crippen molar-refractivity contribution in [3.63, 3.8) is 0 Å². The number of aromatic carboxylic acids is 1. The number of pyridine rings is 1. The molecule has 1 aliphatic rings. The van der Waals surface area contributed by atoms with E-state index in [1.807, 2.05) is 4.90 Å². The molecule has 0 saturated carbocycles. The lowest BCUT2D eigenvalue weighted by molar-refractivity contribution is -0.385. The molecule has 1 aliphatic heterocycles. The van der Waals surface area contributed by atoms with E-state index in [-0.39, 0.29) is 11.0 Å². The molecule has 0 amide bonds. The molecule has 0 spiro atoms. The van der Waals surface area contributed by atoms with E-state index in [0.29, 0.717) is 11.7 Å². The third kappa shape index (κ3) is 3.12. The molecule has 1 unspecified atom stereocenters. The summed E-state index contributed by atoms with van der Waals surface area (Å²) in [5.41, 5.74) is -0.618. The fourth-order valence-electron chi connectivity index (χ4n) is 2.60. The van der Waals surface area contributed by atoms with Crippen molar-refractivity contribution in [3.05, 3.63) is 27.9 Å². The van der Waals surface area contributed by atoms with Gasteiger partial charge in [0.1, 0.15) is 17.6 Å². The van der Waals surface area contributed by atoms with Gasteiger partial charge in [0, 0.05) is 19.2 Å². The highest BCUT2D eigenvalue weighted by molar-refractivity contribution is 5.93. The minimum Gasteiger partial charge on any atom is -0.477 e. The normalized spacial score (nSPS) is 18.8. The molecule has 0 radical (unpaired) electrons. The molecule has 1 saturated heterocycles. The Bertz CT molecular complexity index is 580. The van der Waals surface area contributed by atoms with Crippen LogP contribution in [0.1, 0.15) is 37.6 Å². The summed E-state index contributed by atoms with van der Waals surface area (Å²) in [7, 11) is 0. The molecule has 1 aromatic heterocycles. The zero-order valence-corrected chi connectivity index (χ0v) is 12.4. The Morgan fingerprint density at radius 2 is 2.19 bits per heavy atom. The van der Waals surface area contributed by atoms with Crippen LogP contribution in [-0.4, -0.2) is 34.1 Å². The van der Waals surface area contributed by atoms with Crippen molar-refractivity contribution in [2.24, 2.45) is 11.3 Å². The zero-order chi connectivity index (χ0) is 15.8. The maximum Gasteiger partial charge on any atom is 0.342 e. The van der Waals surface area contributed by atoms with Gasteiger partial charge in [0.05, 0.1) is 4.92 Å². The fourth-order valence-corrected chi connectivity index (χ4v) is 2.60. The third-order valence-electron chi connectivity index (χ3n) is 4.03. The maximum atomic E-state index is 11.2. The number of nitro groups is 1. The van der Waals surface area contributed by atoms with E-state index < -0.39 is 16.6 Å². The van der Waals surface area contributed by atoms with E-state index >= 15 is 0 Å². The smallest absolute Gasteiger partial charge is 0.342 e. The van der Waals surface area contributed by atoms with Gasteiger partial charge in [-0.05, 0) is 17.8 Å². The maximum absolute atomic E-state index is 11.2. The van der Waals surface area contributed by atoms with Crippen LogP contribution in [0.2, 0.25) is 0 Å². The second kappa shape index (κ2) is 5.31. The minimum absolute atomic E-state index is 0.172. The topological polar surface area (TPSA) is 96.6 Å². The van der Waals surface area contributed by atoms with Gasteiger partial charge in [-0.2, -0.15) is 0 Å². The van der Waals surface area contributed by atoms with Crippen molar-refractivity contribution in [3.8, 4) is 0 Å². The Labute approximate surface area is 122 Å². The molecule has 0 aliphatic carbocycles. The van der Waals surface area contributed by atoms with E-state index in [1.165, 1.54) is 6.07 Å². The second-order valence-corrected chi connectivity index (χ2v) is 6.42. The van der Waals surface area contributed by atoms with Crippen LogP contribution in [0.25, 0.3) is 0 Å². The first-order valence-electron chi connectivity index (χ1n) is 6.83. The van der Waals surface area contributed by atoms with E-state index in [2.05, 4.69) is 25.8 Å². The molecule has 7 nitrogen and oxygen atoms in total. The number of hydrogen-bond donors (Lipinski definition) is 1. The molecule has 1 aromatic rings. The molecule has 1 N–H and O–H groups in total. The van der Waals surface area contributed by atoms with Crippen molar-refractivity contribution in [1.82, 2.24) is 4.98 Å². The Kier molecular flexibility index (Phi) is 3.85. The third-order valence-corrected chi connectivity index (χ3v) is 4.03. The van der Waals surface area contributed by atoms with E-state index in [1.54, 1.807) is 0 Å². The lowest BCUT2D eigenvalue weighted by Crippen LogP contribution is -2.26. The van der Waals surface area contributed by atoms with Gasteiger partial charge in [-0.1, -0.05) is 20.8 Å². The highest BCUT2D eigenvalue weighted by atomic mass is 16.6. The summed E-state index contributed by atoms with van der Waals surface area (Å²) in [6.07, 6.45) is 2.04. The molecule has 7 heteroatoms. The van der Waals surface area contributed by atoms with Crippen molar-refractivity contribution in [2.45, 2.75) is 27.2 Å². The van der Waals surface area contributed by atoms with E-state index in [0.717, 1.165) is 25.7 Å². The van der Waals surface area contributed by atoms with E-state index in [4.69, 9.17) is 5.11 Å². The van der Waals surface area contributed by atoms with Gasteiger partial charge in [0.2, 0.25) is 0 Å². The molecule has 1 atom stereocenters. The van der Waals surface area contributed by atoms with Crippen LogP contribution in [0.15, 0.2) is 12.3 Å². The van der Waals surface area contributed by atoms with Gasteiger partial charge >= 0.3 is 11.7 Å². The molecule has 114 valence electrons. The number of carboxylic acid groups (broad SMARTS) is 1. The molecule has 21 heavy (non-hydrogen) atoms. The Morgan fingerprint density at radius 1 is 1.52 bits per heavy atom. The number of carboxylic acids is 1. The van der Waals surface area contributed by atoms with Gasteiger partial charge in [0.15, 0.2) is 0 Å². The molecular formula is C14H19N3O4. The number of rotatable bonds is 3. The number of hydrogen-bond acceptors (Lipinski definition) is 5. The number of carbonyl (C=O) groups is 1. The van der Waals surface area contributed by atoms with Crippen LogP contribution >= 0.6 is 0 Å². The fraction of sp³-hybridized carbons (Fsp3) is 0.571. The lowest BCUT2D eigenvalue weighted by atomic mass is 9.80. The lowest BCUT2D eigenvalue weighted by Gasteiger charge is -2.27. The average molecular weight is 293 g/mol. The van der Waals surface area contributed by atoms with Crippen molar-refractivity contribution in [1.29, 1.82) is 0 Å². The summed E-state index contributed by atoms with van der Waals surface area (Å²) in [5, 5.41) is 19.9. The highest BCUT2D eigenvalue weighted by Crippen LogP contribution is 2.35. The summed E-state index contributed by atoms with van der Waals surface area (Å²) in [4.78, 5) is 27.3. The van der Waals surface area contributed by atoms with Crippen LogP contribution in [-0.2, 0) is 0 Å². The van der Waals surface area contributed by atoms with Crippen LogP contribution in [0, 0.1) is 21.4 Å². The highest BCUT2D eigenvalue weighted by Gasteiger charge is 2.33. The first-order valence-corrected chi connectivity index (χ1v) is 6.83. The molecule has 2 heterocycles. The first-order chi connectivity index (χ1) is 9.70. The van der Waals surface area contributed by atoms with Crippen molar-refractivity contribution in [2.75, 3.05) is 18.0 Å². The van der Waals surface area contributed by atoms with Crippen LogP contribution < -0.4 is 4.90 Å².